The summed E-state index contributed by atoms with van der Waals surface area (Å²) in [7, 11) is 0. The fourth-order valence-corrected chi connectivity index (χ4v) is 2.79. The number of hydrogen-bond donors (Lipinski definition) is 2. The van der Waals surface area contributed by atoms with Crippen LogP contribution in [0.3, 0.4) is 0 Å². The molecule has 0 aromatic rings. The van der Waals surface area contributed by atoms with Crippen LogP contribution in [0.15, 0.2) is 0 Å². The molecular weight excluding hydrogens is 240 g/mol. The number of carbonyl (C=O) groups is 1. The Morgan fingerprint density at radius 2 is 1.84 bits per heavy atom. The summed E-state index contributed by atoms with van der Waals surface area (Å²) >= 11 is 0. The highest BCUT2D eigenvalue weighted by atomic mass is 16.3. The van der Waals surface area contributed by atoms with Gasteiger partial charge in [0.15, 0.2) is 0 Å². The predicted molar refractivity (Wildman–Crippen MR) is 75.8 cm³/mol. The molecule has 2 fully saturated rings. The van der Waals surface area contributed by atoms with E-state index in [1.165, 1.54) is 25.7 Å². The molecule has 19 heavy (non-hydrogen) atoms. The second-order valence-electron chi connectivity index (χ2n) is 6.88. The zero-order valence-electron chi connectivity index (χ0n) is 12.5. The lowest BCUT2D eigenvalue weighted by Gasteiger charge is -2.28. The molecule has 0 spiro atoms. The Bertz CT molecular complexity index is 305. The van der Waals surface area contributed by atoms with E-state index >= 15 is 0 Å². The second-order valence-corrected chi connectivity index (χ2v) is 6.88. The Kier molecular flexibility index (Phi) is 4.51. The van der Waals surface area contributed by atoms with Crippen molar-refractivity contribution < 1.29 is 9.90 Å². The number of aliphatic hydroxyl groups is 1. The van der Waals surface area contributed by atoms with E-state index in [4.69, 9.17) is 0 Å². The van der Waals surface area contributed by atoms with Crippen molar-refractivity contribution in [2.75, 3.05) is 19.6 Å². The van der Waals surface area contributed by atoms with E-state index in [-0.39, 0.29) is 5.91 Å². The number of likely N-dealkylation sites (N-methyl/N-ethyl adjacent to an activating group) is 1. The van der Waals surface area contributed by atoms with Crippen molar-refractivity contribution in [1.29, 1.82) is 0 Å². The van der Waals surface area contributed by atoms with Crippen LogP contribution >= 0.6 is 0 Å². The van der Waals surface area contributed by atoms with E-state index in [9.17, 15) is 9.90 Å². The summed E-state index contributed by atoms with van der Waals surface area (Å²) in [4.78, 5) is 14.1. The first-order valence-corrected chi connectivity index (χ1v) is 7.63. The van der Waals surface area contributed by atoms with Gasteiger partial charge in [-0.15, -0.1) is 0 Å². The lowest BCUT2D eigenvalue weighted by molar-refractivity contribution is -0.123. The van der Waals surface area contributed by atoms with Gasteiger partial charge in [-0.25, -0.2) is 0 Å². The quantitative estimate of drug-likeness (QED) is 0.699. The molecule has 0 atom stereocenters. The van der Waals surface area contributed by atoms with Gasteiger partial charge in [-0.2, -0.15) is 0 Å². The van der Waals surface area contributed by atoms with Crippen molar-refractivity contribution in [1.82, 2.24) is 10.2 Å². The molecule has 0 heterocycles. The SMILES string of the molecule is CCN(CC(=O)NC(C1CC1)C1CC1)CC(C)(C)O. The second kappa shape index (κ2) is 5.80. The van der Waals surface area contributed by atoms with Gasteiger partial charge in [0.1, 0.15) is 0 Å². The molecule has 2 aliphatic carbocycles. The van der Waals surface area contributed by atoms with E-state index in [0.29, 0.717) is 19.1 Å². The topological polar surface area (TPSA) is 52.6 Å². The van der Waals surface area contributed by atoms with E-state index in [0.717, 1.165) is 18.4 Å². The van der Waals surface area contributed by atoms with Crippen LogP contribution in [0.2, 0.25) is 0 Å². The van der Waals surface area contributed by atoms with Crippen LogP contribution in [0.4, 0.5) is 0 Å². The fraction of sp³-hybridized carbons (Fsp3) is 0.933. The van der Waals surface area contributed by atoms with Crippen LogP contribution in [0.1, 0.15) is 46.5 Å². The average Bonchev–Trinajstić information content (AvgIpc) is 3.14. The third-order valence-corrected chi connectivity index (χ3v) is 4.01. The summed E-state index contributed by atoms with van der Waals surface area (Å²) in [6.45, 7) is 7.31. The molecule has 4 heteroatoms. The Hall–Kier alpha value is -0.610. The van der Waals surface area contributed by atoms with Gasteiger partial charge in [0.2, 0.25) is 5.91 Å². The number of nitrogens with one attached hydrogen (secondary N) is 1. The van der Waals surface area contributed by atoms with E-state index in [1.54, 1.807) is 13.8 Å². The average molecular weight is 268 g/mol. The van der Waals surface area contributed by atoms with E-state index in [1.807, 2.05) is 11.8 Å². The van der Waals surface area contributed by atoms with E-state index in [2.05, 4.69) is 5.32 Å². The summed E-state index contributed by atoms with van der Waals surface area (Å²) in [6, 6.07) is 0.424. The monoisotopic (exact) mass is 268 g/mol. The third kappa shape index (κ3) is 5.11. The minimum atomic E-state index is -0.747. The third-order valence-electron chi connectivity index (χ3n) is 4.01. The van der Waals surface area contributed by atoms with Crippen molar-refractivity contribution in [3.8, 4) is 0 Å². The maximum Gasteiger partial charge on any atom is 0.234 e. The van der Waals surface area contributed by atoms with Gasteiger partial charge in [-0.05, 0) is 57.9 Å². The maximum absolute atomic E-state index is 12.1. The normalized spacial score (nSPS) is 20.1. The molecule has 2 N–H and O–H groups in total. The van der Waals surface area contributed by atoms with Crippen molar-refractivity contribution in [3.63, 3.8) is 0 Å². The highest BCUT2D eigenvalue weighted by Crippen LogP contribution is 2.44. The fourth-order valence-electron chi connectivity index (χ4n) is 2.79. The number of hydrogen-bond acceptors (Lipinski definition) is 3. The van der Waals surface area contributed by atoms with Gasteiger partial charge >= 0.3 is 0 Å². The molecule has 0 bridgehead atoms. The van der Waals surface area contributed by atoms with Crippen LogP contribution in [0.5, 0.6) is 0 Å². The Balaban J connectivity index is 1.78. The highest BCUT2D eigenvalue weighted by Gasteiger charge is 2.42. The lowest BCUT2D eigenvalue weighted by Crippen LogP contribution is -2.47. The molecule has 0 aromatic carbocycles. The van der Waals surface area contributed by atoms with Crippen LogP contribution in [0, 0.1) is 11.8 Å². The predicted octanol–water partition coefficient (Wildman–Crippen LogP) is 1.38. The largest absolute Gasteiger partial charge is 0.389 e. The standard InChI is InChI=1S/C15H28N2O2/c1-4-17(10-15(2,3)19)9-13(18)16-14(11-5-6-11)12-7-8-12/h11-12,14,19H,4-10H2,1-3H3,(H,16,18). The van der Waals surface area contributed by atoms with Crippen molar-refractivity contribution in [2.24, 2.45) is 11.8 Å². The molecule has 2 rings (SSSR count). The Morgan fingerprint density at radius 3 is 2.21 bits per heavy atom. The van der Waals surface area contributed by atoms with Gasteiger partial charge in [0, 0.05) is 12.6 Å². The first kappa shape index (κ1) is 14.8. The molecule has 110 valence electrons. The molecule has 2 saturated carbocycles. The van der Waals surface area contributed by atoms with Gasteiger partial charge in [0.05, 0.1) is 12.1 Å². The van der Waals surface area contributed by atoms with Crippen LogP contribution in [0.25, 0.3) is 0 Å². The molecule has 4 nitrogen and oxygen atoms in total. The lowest BCUT2D eigenvalue weighted by atomic mass is 10.1. The van der Waals surface area contributed by atoms with Crippen LogP contribution < -0.4 is 5.32 Å². The smallest absolute Gasteiger partial charge is 0.234 e. The number of amides is 1. The number of rotatable bonds is 8. The summed E-state index contributed by atoms with van der Waals surface area (Å²) in [5.41, 5.74) is -0.747. The van der Waals surface area contributed by atoms with Crippen molar-refractivity contribution in [3.05, 3.63) is 0 Å². The van der Waals surface area contributed by atoms with Gasteiger partial charge in [0.25, 0.3) is 0 Å². The van der Waals surface area contributed by atoms with Crippen LogP contribution in [-0.4, -0.2) is 47.2 Å². The summed E-state index contributed by atoms with van der Waals surface area (Å²) in [5, 5.41) is 13.1. The highest BCUT2D eigenvalue weighted by molar-refractivity contribution is 5.78. The zero-order valence-corrected chi connectivity index (χ0v) is 12.5. The zero-order chi connectivity index (χ0) is 14.0. The van der Waals surface area contributed by atoms with Crippen LogP contribution in [-0.2, 0) is 4.79 Å². The molecule has 0 unspecified atom stereocenters. The van der Waals surface area contributed by atoms with Gasteiger partial charge in [-0.3, -0.25) is 9.69 Å². The van der Waals surface area contributed by atoms with Gasteiger partial charge in [-0.1, -0.05) is 6.92 Å². The molecule has 0 saturated heterocycles. The Labute approximate surface area is 116 Å². The first-order chi connectivity index (χ1) is 8.89. The van der Waals surface area contributed by atoms with Crippen molar-refractivity contribution >= 4 is 5.91 Å². The molecule has 2 aliphatic rings. The number of nitrogens with zero attached hydrogens (tertiary/aromatic N) is 1. The summed E-state index contributed by atoms with van der Waals surface area (Å²) in [5.74, 6) is 1.59. The van der Waals surface area contributed by atoms with Crippen molar-refractivity contribution in [2.45, 2.75) is 58.1 Å². The van der Waals surface area contributed by atoms with E-state index < -0.39 is 5.60 Å². The molecule has 1 amide bonds. The summed E-state index contributed by atoms with van der Waals surface area (Å²) < 4.78 is 0. The minimum Gasteiger partial charge on any atom is -0.389 e. The summed E-state index contributed by atoms with van der Waals surface area (Å²) in [6.07, 6.45) is 5.12. The maximum atomic E-state index is 12.1. The van der Waals surface area contributed by atoms with Gasteiger partial charge < -0.3 is 10.4 Å². The number of carbonyl (C=O) groups excluding carboxylic acids is 1. The molecular formula is C15H28N2O2. The molecule has 0 aromatic heterocycles. The first-order valence-electron chi connectivity index (χ1n) is 7.63. The Morgan fingerprint density at radius 1 is 1.32 bits per heavy atom. The minimum absolute atomic E-state index is 0.120. The molecule has 0 aliphatic heterocycles. The molecule has 0 radical (unpaired) electrons.